The number of esters is 2. The molecule has 1 aliphatic heterocycles. The Bertz CT molecular complexity index is 1440. The average molecular weight is 537 g/mol. The van der Waals surface area contributed by atoms with Crippen LogP contribution >= 0.6 is 0 Å². The first-order valence-electron chi connectivity index (χ1n) is 12.5. The van der Waals surface area contributed by atoms with Crippen LogP contribution in [0.1, 0.15) is 65.2 Å². The molecular formula is C30H24N4O6. The third kappa shape index (κ3) is 6.18. The lowest BCUT2D eigenvalue weighted by Gasteiger charge is -2.20. The van der Waals surface area contributed by atoms with Crippen LogP contribution in [-0.2, 0) is 9.47 Å². The van der Waals surface area contributed by atoms with Gasteiger partial charge >= 0.3 is 11.9 Å². The van der Waals surface area contributed by atoms with E-state index in [2.05, 4.69) is 20.6 Å². The number of hydrogen-bond acceptors (Lipinski definition) is 8. The standard InChI is InChI=1S/C30H24N4O6/c35-27-21-13-7-14-22(31-21)28(36)34-26(20-11-5-2-6-12-20)18-40-30(38)24-16-8-15-23(32-24)29(37)39-17-25(33-27)19-9-3-1-4-10-19/h1-16,25-26H,17-18H2,(H,33,35)(H,34,36)/t25-,26-/m1/s1. The number of pyridine rings is 2. The molecule has 4 aromatic rings. The van der Waals surface area contributed by atoms with Crippen molar-refractivity contribution in [2.75, 3.05) is 13.2 Å². The summed E-state index contributed by atoms with van der Waals surface area (Å²) >= 11 is 0. The van der Waals surface area contributed by atoms with E-state index in [9.17, 15) is 19.2 Å². The fourth-order valence-corrected chi connectivity index (χ4v) is 4.09. The summed E-state index contributed by atoms with van der Waals surface area (Å²) in [6, 6.07) is 25.3. The molecule has 4 bridgehead atoms. The number of amides is 2. The van der Waals surface area contributed by atoms with Crippen LogP contribution in [-0.4, -0.2) is 46.9 Å². The second-order valence-electron chi connectivity index (χ2n) is 8.89. The predicted octanol–water partition coefficient (Wildman–Crippen LogP) is 3.45. The van der Waals surface area contributed by atoms with Crippen molar-refractivity contribution >= 4 is 23.8 Å². The number of carbonyl (C=O) groups is 4. The van der Waals surface area contributed by atoms with Gasteiger partial charge in [-0.3, -0.25) is 9.59 Å². The van der Waals surface area contributed by atoms with Crippen LogP contribution in [0.4, 0.5) is 0 Å². The molecule has 2 aromatic heterocycles. The first kappa shape index (κ1) is 26.2. The maximum Gasteiger partial charge on any atom is 0.357 e. The number of nitrogens with one attached hydrogen (secondary N) is 2. The summed E-state index contributed by atoms with van der Waals surface area (Å²) in [5.74, 6) is -2.68. The van der Waals surface area contributed by atoms with Crippen molar-refractivity contribution in [1.29, 1.82) is 0 Å². The van der Waals surface area contributed by atoms with Crippen LogP contribution < -0.4 is 10.6 Å². The van der Waals surface area contributed by atoms with Gasteiger partial charge in [-0.2, -0.15) is 0 Å². The van der Waals surface area contributed by atoms with Crippen LogP contribution in [0.3, 0.4) is 0 Å². The van der Waals surface area contributed by atoms with Gasteiger partial charge in [0.2, 0.25) is 0 Å². The Morgan fingerprint density at radius 2 is 0.875 bits per heavy atom. The number of cyclic esters (lactones) is 2. The molecule has 1 aliphatic rings. The summed E-state index contributed by atoms with van der Waals surface area (Å²) in [6.45, 7) is -0.437. The molecule has 0 saturated carbocycles. The second kappa shape index (κ2) is 12.0. The molecule has 2 aromatic carbocycles. The van der Waals surface area contributed by atoms with Crippen molar-refractivity contribution in [2.24, 2.45) is 0 Å². The molecule has 0 spiro atoms. The van der Waals surface area contributed by atoms with Gasteiger partial charge in [0.25, 0.3) is 11.8 Å². The van der Waals surface area contributed by atoms with Crippen LogP contribution in [0.15, 0.2) is 97.1 Å². The second-order valence-corrected chi connectivity index (χ2v) is 8.89. The Morgan fingerprint density at radius 1 is 0.500 bits per heavy atom. The Kier molecular flexibility index (Phi) is 7.87. The zero-order valence-corrected chi connectivity index (χ0v) is 21.2. The number of benzene rings is 2. The Morgan fingerprint density at radius 3 is 1.30 bits per heavy atom. The summed E-state index contributed by atoms with van der Waals surface area (Å²) < 4.78 is 10.9. The highest BCUT2D eigenvalue weighted by Gasteiger charge is 2.24. The van der Waals surface area contributed by atoms with Crippen LogP contribution in [0.5, 0.6) is 0 Å². The molecular weight excluding hydrogens is 512 g/mol. The quantitative estimate of drug-likeness (QED) is 0.372. The molecule has 0 fully saturated rings. The van der Waals surface area contributed by atoms with Crippen molar-refractivity contribution in [3.63, 3.8) is 0 Å². The van der Waals surface area contributed by atoms with Gasteiger partial charge in [-0.15, -0.1) is 0 Å². The molecule has 0 aliphatic carbocycles. The lowest BCUT2D eigenvalue weighted by Crippen LogP contribution is -2.35. The Hall–Kier alpha value is -5.38. The SMILES string of the molecule is O=C1N[C@@H](c2ccccc2)COC(=O)c2cccc(n2)C(=O)OC[C@H](c2ccccc2)NC(=O)c2cccc1n2. The lowest BCUT2D eigenvalue weighted by atomic mass is 10.1. The fourth-order valence-electron chi connectivity index (χ4n) is 4.09. The number of ether oxygens (including phenoxy) is 2. The van der Waals surface area contributed by atoms with Gasteiger partial charge in [-0.25, -0.2) is 19.6 Å². The van der Waals surface area contributed by atoms with Crippen molar-refractivity contribution in [3.05, 3.63) is 131 Å². The smallest absolute Gasteiger partial charge is 0.357 e. The number of aromatic nitrogens is 2. The molecule has 5 rings (SSSR count). The molecule has 10 nitrogen and oxygen atoms in total. The first-order chi connectivity index (χ1) is 19.5. The van der Waals surface area contributed by atoms with Gasteiger partial charge in [0.1, 0.15) is 36.0 Å². The third-order valence-corrected chi connectivity index (χ3v) is 6.16. The molecule has 0 saturated heterocycles. The highest BCUT2D eigenvalue weighted by atomic mass is 16.5. The van der Waals surface area contributed by atoms with Gasteiger partial charge in [-0.1, -0.05) is 72.8 Å². The fraction of sp³-hybridized carbons (Fsp3) is 0.133. The van der Waals surface area contributed by atoms with E-state index in [0.29, 0.717) is 11.1 Å². The summed E-state index contributed by atoms with van der Waals surface area (Å²) in [4.78, 5) is 60.4. The minimum atomic E-state index is -0.777. The summed E-state index contributed by atoms with van der Waals surface area (Å²) in [7, 11) is 0. The van der Waals surface area contributed by atoms with E-state index in [1.807, 2.05) is 12.1 Å². The monoisotopic (exact) mass is 536 g/mol. The summed E-state index contributed by atoms with van der Waals surface area (Å²) in [5.41, 5.74) is 1.16. The van der Waals surface area contributed by atoms with Gasteiger partial charge in [0.05, 0.1) is 12.1 Å². The Labute approximate surface area is 229 Å². The zero-order chi connectivity index (χ0) is 27.9. The molecule has 0 unspecified atom stereocenters. The number of nitrogens with zero attached hydrogens (tertiary/aromatic N) is 2. The predicted molar refractivity (Wildman–Crippen MR) is 142 cm³/mol. The van der Waals surface area contributed by atoms with E-state index < -0.39 is 35.8 Å². The van der Waals surface area contributed by atoms with Gasteiger partial charge in [-0.05, 0) is 35.4 Å². The van der Waals surface area contributed by atoms with E-state index in [1.165, 1.54) is 30.3 Å². The van der Waals surface area contributed by atoms with Crippen molar-refractivity contribution < 1.29 is 28.7 Å². The number of rotatable bonds is 2. The number of hydrogen-bond donors (Lipinski definition) is 2. The van der Waals surface area contributed by atoms with E-state index in [1.54, 1.807) is 54.6 Å². The van der Waals surface area contributed by atoms with Crippen molar-refractivity contribution in [2.45, 2.75) is 12.1 Å². The van der Waals surface area contributed by atoms with E-state index in [0.717, 1.165) is 0 Å². The van der Waals surface area contributed by atoms with Gasteiger partial charge < -0.3 is 20.1 Å². The van der Waals surface area contributed by atoms with E-state index in [-0.39, 0.29) is 36.0 Å². The highest BCUT2D eigenvalue weighted by molar-refractivity contribution is 5.97. The zero-order valence-electron chi connectivity index (χ0n) is 21.2. The molecule has 0 radical (unpaired) electrons. The number of fused-ring (bicyclic) bond motifs is 4. The largest absolute Gasteiger partial charge is 0.458 e. The average Bonchev–Trinajstić information content (AvgIpc) is 3.01. The molecule has 40 heavy (non-hydrogen) atoms. The van der Waals surface area contributed by atoms with Crippen molar-refractivity contribution in [3.8, 4) is 0 Å². The summed E-state index contributed by atoms with van der Waals surface area (Å²) in [6.07, 6.45) is 0. The molecule has 2 atom stereocenters. The maximum atomic E-state index is 13.2. The van der Waals surface area contributed by atoms with Gasteiger partial charge in [0.15, 0.2) is 0 Å². The Balaban J connectivity index is 1.51. The molecule has 2 N–H and O–H groups in total. The van der Waals surface area contributed by atoms with E-state index in [4.69, 9.17) is 9.47 Å². The molecule has 3 heterocycles. The minimum Gasteiger partial charge on any atom is -0.458 e. The van der Waals surface area contributed by atoms with Gasteiger partial charge in [0, 0.05) is 0 Å². The molecule has 200 valence electrons. The lowest BCUT2D eigenvalue weighted by molar-refractivity contribution is 0.0436. The van der Waals surface area contributed by atoms with Crippen LogP contribution in [0, 0.1) is 0 Å². The highest BCUT2D eigenvalue weighted by Crippen LogP contribution is 2.18. The number of carbonyl (C=O) groups excluding carboxylic acids is 4. The molecule has 10 heteroatoms. The van der Waals surface area contributed by atoms with E-state index >= 15 is 0 Å². The first-order valence-corrected chi connectivity index (χ1v) is 12.5. The van der Waals surface area contributed by atoms with Crippen LogP contribution in [0.25, 0.3) is 0 Å². The third-order valence-electron chi connectivity index (χ3n) is 6.16. The van der Waals surface area contributed by atoms with Crippen LogP contribution in [0.2, 0.25) is 0 Å². The maximum absolute atomic E-state index is 13.2. The normalized spacial score (nSPS) is 18.3. The molecule has 2 amide bonds. The van der Waals surface area contributed by atoms with Crippen molar-refractivity contribution in [1.82, 2.24) is 20.6 Å². The topological polar surface area (TPSA) is 137 Å². The minimum absolute atomic E-state index is 0.00178. The summed E-state index contributed by atoms with van der Waals surface area (Å²) in [5, 5.41) is 5.65.